The normalized spacial score (nSPS) is 60.4. The van der Waals surface area contributed by atoms with Gasteiger partial charge in [0.1, 0.15) is 5.60 Å². The molecule has 7 rings (SSSR count). The molecule has 5 saturated carbocycles. The smallest absolute Gasteiger partial charge is 0.331 e. The third kappa shape index (κ3) is 1.44. The molecular formula is C23H26O3. The fourth-order valence-electron chi connectivity index (χ4n) is 8.94. The molecule has 136 valence electrons. The van der Waals surface area contributed by atoms with Crippen molar-refractivity contribution in [1.29, 1.82) is 0 Å². The van der Waals surface area contributed by atoms with Crippen molar-refractivity contribution in [2.45, 2.75) is 51.0 Å². The fraction of sp³-hybridized carbons (Fsp3) is 0.739. The van der Waals surface area contributed by atoms with Crippen LogP contribution in [0.1, 0.15) is 45.4 Å². The lowest BCUT2D eigenvalue weighted by atomic mass is 9.49. The molecule has 0 N–H and O–H groups in total. The highest BCUT2D eigenvalue weighted by Gasteiger charge is 2.79. The molecule has 1 heterocycles. The Labute approximate surface area is 154 Å². The molecule has 1 spiro atoms. The molecule has 0 amide bonds. The van der Waals surface area contributed by atoms with Gasteiger partial charge in [-0.25, -0.2) is 4.79 Å². The Morgan fingerprint density at radius 3 is 2.77 bits per heavy atom. The largest absolute Gasteiger partial charge is 0.451 e. The molecule has 5 fully saturated rings. The van der Waals surface area contributed by atoms with Crippen molar-refractivity contribution in [2.24, 2.45) is 52.8 Å². The number of allylic oxidation sites excluding steroid dienone is 1. The van der Waals surface area contributed by atoms with Crippen LogP contribution in [0.3, 0.4) is 0 Å². The first-order chi connectivity index (χ1) is 12.5. The average molecular weight is 350 g/mol. The zero-order chi connectivity index (χ0) is 17.4. The average Bonchev–Trinajstić information content (AvgIpc) is 3.51. The van der Waals surface area contributed by atoms with E-state index in [1.54, 1.807) is 6.08 Å². The van der Waals surface area contributed by atoms with Gasteiger partial charge >= 0.3 is 5.97 Å². The van der Waals surface area contributed by atoms with E-state index in [4.69, 9.17) is 4.74 Å². The molecule has 0 aromatic carbocycles. The maximum absolute atomic E-state index is 12.0. The maximum atomic E-state index is 12.0. The van der Waals surface area contributed by atoms with E-state index >= 15 is 0 Å². The Balaban J connectivity index is 1.32. The summed E-state index contributed by atoms with van der Waals surface area (Å²) in [5.74, 6) is 6.04. The number of esters is 1. The van der Waals surface area contributed by atoms with Crippen molar-refractivity contribution in [3.8, 4) is 0 Å². The molecule has 10 atom stereocenters. The zero-order valence-corrected chi connectivity index (χ0v) is 15.3. The monoisotopic (exact) mass is 350 g/mol. The first-order valence-corrected chi connectivity index (χ1v) is 10.7. The lowest BCUT2D eigenvalue weighted by Crippen LogP contribution is -2.55. The van der Waals surface area contributed by atoms with E-state index in [2.05, 4.69) is 13.0 Å². The van der Waals surface area contributed by atoms with Crippen LogP contribution >= 0.6 is 0 Å². The summed E-state index contributed by atoms with van der Waals surface area (Å²) < 4.78 is 6.08. The summed E-state index contributed by atoms with van der Waals surface area (Å²) >= 11 is 0. The summed E-state index contributed by atoms with van der Waals surface area (Å²) in [6, 6.07) is 0. The van der Waals surface area contributed by atoms with Crippen LogP contribution in [-0.4, -0.2) is 17.4 Å². The number of ether oxygens (including phenoxy) is 1. The van der Waals surface area contributed by atoms with Gasteiger partial charge in [0.15, 0.2) is 5.78 Å². The second-order valence-corrected chi connectivity index (χ2v) is 10.5. The molecule has 3 nitrogen and oxygen atoms in total. The summed E-state index contributed by atoms with van der Waals surface area (Å²) in [5.41, 5.74) is 1.36. The van der Waals surface area contributed by atoms with Crippen molar-refractivity contribution >= 4 is 11.8 Å². The Morgan fingerprint density at radius 2 is 1.96 bits per heavy atom. The molecule has 0 bridgehead atoms. The van der Waals surface area contributed by atoms with Crippen LogP contribution in [0.5, 0.6) is 0 Å². The highest BCUT2D eigenvalue weighted by Crippen LogP contribution is 2.80. The topological polar surface area (TPSA) is 43.4 Å². The number of carbonyl (C=O) groups excluding carboxylic acids is 2. The SMILES string of the molecule is C[C@]12CCC3C(C4CC4C4=CC(=O)CC[C@@H]43)C1C1CC1[C@@]21C=CC(=O)O1. The second-order valence-electron chi connectivity index (χ2n) is 10.5. The van der Waals surface area contributed by atoms with Crippen molar-refractivity contribution in [1.82, 2.24) is 0 Å². The predicted molar refractivity (Wildman–Crippen MR) is 94.8 cm³/mol. The van der Waals surface area contributed by atoms with Crippen molar-refractivity contribution in [3.05, 3.63) is 23.8 Å². The third-order valence-electron chi connectivity index (χ3n) is 9.86. The minimum atomic E-state index is -0.298. The molecular weight excluding hydrogens is 324 g/mol. The number of ketones is 1. The van der Waals surface area contributed by atoms with Gasteiger partial charge in [-0.15, -0.1) is 0 Å². The van der Waals surface area contributed by atoms with Gasteiger partial charge in [0.2, 0.25) is 0 Å². The second kappa shape index (κ2) is 4.20. The van der Waals surface area contributed by atoms with Crippen LogP contribution in [0.25, 0.3) is 0 Å². The summed E-state index contributed by atoms with van der Waals surface area (Å²) in [5, 5.41) is 0. The van der Waals surface area contributed by atoms with Gasteiger partial charge in [-0.1, -0.05) is 12.5 Å². The van der Waals surface area contributed by atoms with Gasteiger partial charge in [0.25, 0.3) is 0 Å². The molecule has 7 unspecified atom stereocenters. The molecule has 26 heavy (non-hydrogen) atoms. The summed E-state index contributed by atoms with van der Waals surface area (Å²) in [6.07, 6.45) is 12.7. The first kappa shape index (κ1) is 14.6. The summed E-state index contributed by atoms with van der Waals surface area (Å²) in [7, 11) is 0. The highest BCUT2D eigenvalue weighted by molar-refractivity contribution is 5.91. The molecule has 0 radical (unpaired) electrons. The number of carbonyl (C=O) groups is 2. The molecule has 3 heteroatoms. The van der Waals surface area contributed by atoms with E-state index in [0.717, 1.165) is 42.4 Å². The van der Waals surface area contributed by atoms with E-state index in [1.807, 2.05) is 6.08 Å². The summed E-state index contributed by atoms with van der Waals surface area (Å²) in [4.78, 5) is 24.0. The van der Waals surface area contributed by atoms with Gasteiger partial charge in [0, 0.05) is 23.8 Å². The van der Waals surface area contributed by atoms with Crippen molar-refractivity contribution < 1.29 is 14.3 Å². The number of hydrogen-bond donors (Lipinski definition) is 0. The number of rotatable bonds is 0. The van der Waals surface area contributed by atoms with Crippen LogP contribution in [0.4, 0.5) is 0 Å². The quantitative estimate of drug-likeness (QED) is 0.626. The van der Waals surface area contributed by atoms with Crippen LogP contribution in [0, 0.1) is 52.8 Å². The van der Waals surface area contributed by atoms with Crippen molar-refractivity contribution in [3.63, 3.8) is 0 Å². The molecule has 0 aromatic heterocycles. The van der Waals surface area contributed by atoms with Crippen molar-refractivity contribution in [2.75, 3.05) is 0 Å². The molecule has 1 aliphatic heterocycles. The molecule has 0 saturated heterocycles. The summed E-state index contributed by atoms with van der Waals surface area (Å²) in [6.45, 7) is 2.44. The molecule has 6 aliphatic carbocycles. The third-order valence-corrected chi connectivity index (χ3v) is 9.86. The van der Waals surface area contributed by atoms with Crippen LogP contribution < -0.4 is 0 Å². The lowest BCUT2D eigenvalue weighted by Gasteiger charge is -2.56. The standard InChI is InChI=1S/C23H26O3/c1-22-6-4-13-12-3-2-11(24)8-14(12)15-9-16(15)20(13)21(22)17-10-18(17)23(22)7-5-19(25)26-23/h5,7-8,12-13,15-18,20-21H,2-4,6,9-10H2,1H3/t12-,13?,15?,16?,17?,18?,20?,21?,22+,23+/m1/s1. The molecule has 7 aliphatic rings. The Hall–Kier alpha value is -1.38. The van der Waals surface area contributed by atoms with E-state index < -0.39 is 0 Å². The Bertz CT molecular complexity index is 823. The highest BCUT2D eigenvalue weighted by atomic mass is 16.6. The number of hydrogen-bond acceptors (Lipinski definition) is 3. The maximum Gasteiger partial charge on any atom is 0.331 e. The van der Waals surface area contributed by atoms with Gasteiger partial charge in [-0.2, -0.15) is 0 Å². The Morgan fingerprint density at radius 1 is 1.08 bits per heavy atom. The van der Waals surface area contributed by atoms with E-state index in [1.165, 1.54) is 31.3 Å². The predicted octanol–water partition coefficient (Wildman–Crippen LogP) is 3.69. The van der Waals surface area contributed by atoms with Gasteiger partial charge in [0.05, 0.1) is 0 Å². The van der Waals surface area contributed by atoms with Gasteiger partial charge < -0.3 is 4.74 Å². The molecule has 0 aromatic rings. The van der Waals surface area contributed by atoms with Crippen LogP contribution in [0.2, 0.25) is 0 Å². The Kier molecular flexibility index (Phi) is 2.37. The van der Waals surface area contributed by atoms with E-state index in [9.17, 15) is 9.59 Å². The zero-order valence-electron chi connectivity index (χ0n) is 15.3. The number of fused-ring (bicyclic) bond motifs is 12. The van der Waals surface area contributed by atoms with Gasteiger partial charge in [-0.3, -0.25) is 4.79 Å². The van der Waals surface area contributed by atoms with E-state index in [0.29, 0.717) is 23.5 Å². The van der Waals surface area contributed by atoms with Crippen LogP contribution in [-0.2, 0) is 14.3 Å². The van der Waals surface area contributed by atoms with E-state index in [-0.39, 0.29) is 17.0 Å². The lowest BCUT2D eigenvalue weighted by molar-refractivity contribution is -0.168. The van der Waals surface area contributed by atoms with Gasteiger partial charge in [-0.05, 0) is 85.7 Å². The minimum absolute atomic E-state index is 0.122. The minimum Gasteiger partial charge on any atom is -0.451 e. The first-order valence-electron chi connectivity index (χ1n) is 10.7. The fourth-order valence-corrected chi connectivity index (χ4v) is 8.94. The van der Waals surface area contributed by atoms with Crippen LogP contribution in [0.15, 0.2) is 23.8 Å².